The van der Waals surface area contributed by atoms with Gasteiger partial charge in [0.25, 0.3) is 5.91 Å². The maximum absolute atomic E-state index is 12.3. The van der Waals surface area contributed by atoms with Gasteiger partial charge in [0.2, 0.25) is 0 Å². The van der Waals surface area contributed by atoms with Crippen LogP contribution >= 0.6 is 0 Å². The Bertz CT molecular complexity index is 554. The Kier molecular flexibility index (Phi) is 2.39. The highest BCUT2D eigenvalue weighted by Gasteiger charge is 2.31. The van der Waals surface area contributed by atoms with Gasteiger partial charge in [-0.1, -0.05) is 6.07 Å². The minimum absolute atomic E-state index is 0.159. The van der Waals surface area contributed by atoms with Crippen molar-refractivity contribution in [3.05, 3.63) is 36.0 Å². The van der Waals surface area contributed by atoms with Crippen molar-refractivity contribution in [3.63, 3.8) is 0 Å². The number of nitrogens with one attached hydrogen (secondary N) is 1. The fraction of sp³-hybridized carbons (Fsp3) is 0.357. The molecule has 1 saturated carbocycles. The van der Waals surface area contributed by atoms with Crippen LogP contribution in [0.15, 0.2) is 30.5 Å². The van der Waals surface area contributed by atoms with Gasteiger partial charge in [0.15, 0.2) is 0 Å². The third kappa shape index (κ3) is 1.82. The summed E-state index contributed by atoms with van der Waals surface area (Å²) >= 11 is 0. The molecule has 0 bridgehead atoms. The van der Waals surface area contributed by atoms with Crippen molar-refractivity contribution in [3.8, 4) is 0 Å². The second kappa shape index (κ2) is 3.91. The highest BCUT2D eigenvalue weighted by Crippen LogP contribution is 2.28. The maximum Gasteiger partial charge on any atom is 0.254 e. The van der Waals surface area contributed by atoms with E-state index in [0.29, 0.717) is 6.04 Å². The summed E-state index contributed by atoms with van der Waals surface area (Å²) < 4.78 is 0. The number of H-pyrrole nitrogens is 1. The van der Waals surface area contributed by atoms with E-state index >= 15 is 0 Å². The van der Waals surface area contributed by atoms with Gasteiger partial charge in [-0.15, -0.1) is 0 Å². The number of aromatic nitrogens is 1. The smallest absolute Gasteiger partial charge is 0.254 e. The van der Waals surface area contributed by atoms with E-state index in [0.717, 1.165) is 35.9 Å². The maximum atomic E-state index is 12.3. The Morgan fingerprint density at radius 2 is 2.24 bits per heavy atom. The number of nitrogens with zero attached hydrogens (tertiary/aromatic N) is 1. The van der Waals surface area contributed by atoms with Gasteiger partial charge in [-0.3, -0.25) is 4.79 Å². The predicted octanol–water partition coefficient (Wildman–Crippen LogP) is 2.79. The molecule has 1 aliphatic carbocycles. The Labute approximate surface area is 100 Å². The van der Waals surface area contributed by atoms with Crippen LogP contribution in [0.1, 0.15) is 30.1 Å². The molecule has 1 N–H and O–H groups in total. The molecule has 0 radical (unpaired) electrons. The van der Waals surface area contributed by atoms with Gasteiger partial charge >= 0.3 is 0 Å². The lowest BCUT2D eigenvalue weighted by molar-refractivity contribution is 0.0752. The molecule has 3 nitrogen and oxygen atoms in total. The molecule has 0 aliphatic heterocycles. The Morgan fingerprint density at radius 3 is 2.94 bits per heavy atom. The lowest BCUT2D eigenvalue weighted by atomic mass is 10.1. The van der Waals surface area contributed by atoms with E-state index in [-0.39, 0.29) is 5.91 Å². The summed E-state index contributed by atoms with van der Waals surface area (Å²) in [6.07, 6.45) is 4.21. The van der Waals surface area contributed by atoms with Crippen LogP contribution in [-0.2, 0) is 0 Å². The average molecular weight is 228 g/mol. The molecule has 3 rings (SSSR count). The van der Waals surface area contributed by atoms with Gasteiger partial charge in [0, 0.05) is 29.9 Å². The van der Waals surface area contributed by atoms with Crippen LogP contribution in [-0.4, -0.2) is 28.4 Å². The molecule has 0 atom stereocenters. The number of benzene rings is 1. The zero-order valence-electron chi connectivity index (χ0n) is 9.94. The quantitative estimate of drug-likeness (QED) is 0.861. The van der Waals surface area contributed by atoms with Crippen LogP contribution in [0, 0.1) is 0 Å². The van der Waals surface area contributed by atoms with Gasteiger partial charge in [-0.2, -0.15) is 0 Å². The highest BCUT2D eigenvalue weighted by molar-refractivity contribution is 5.98. The number of aromatic amines is 1. The number of carbonyl (C=O) groups excluding carboxylic acids is 1. The van der Waals surface area contributed by atoms with Crippen molar-refractivity contribution in [2.45, 2.75) is 25.8 Å². The van der Waals surface area contributed by atoms with Crippen molar-refractivity contribution in [2.24, 2.45) is 0 Å². The molecule has 1 aliphatic rings. The van der Waals surface area contributed by atoms with Crippen molar-refractivity contribution in [1.29, 1.82) is 0 Å². The summed E-state index contributed by atoms with van der Waals surface area (Å²) in [5.41, 5.74) is 1.82. The van der Waals surface area contributed by atoms with Crippen LogP contribution in [0.5, 0.6) is 0 Å². The van der Waals surface area contributed by atoms with Gasteiger partial charge in [-0.25, -0.2) is 0 Å². The van der Waals surface area contributed by atoms with Crippen LogP contribution in [0.25, 0.3) is 10.9 Å². The molecule has 0 unspecified atom stereocenters. The Morgan fingerprint density at radius 1 is 1.41 bits per heavy atom. The van der Waals surface area contributed by atoms with Crippen molar-refractivity contribution in [2.75, 3.05) is 6.54 Å². The molecule has 1 aromatic carbocycles. The largest absolute Gasteiger partial charge is 0.361 e. The van der Waals surface area contributed by atoms with Crippen molar-refractivity contribution >= 4 is 16.8 Å². The minimum atomic E-state index is 0.159. The highest BCUT2D eigenvalue weighted by atomic mass is 16.2. The van der Waals surface area contributed by atoms with Crippen LogP contribution in [0.4, 0.5) is 0 Å². The van der Waals surface area contributed by atoms with Gasteiger partial charge in [0.1, 0.15) is 0 Å². The molecule has 1 amide bonds. The second-order valence-corrected chi connectivity index (χ2v) is 4.60. The minimum Gasteiger partial charge on any atom is -0.361 e. The van der Waals surface area contributed by atoms with Crippen LogP contribution in [0.2, 0.25) is 0 Å². The number of fused-ring (bicyclic) bond motifs is 1. The zero-order chi connectivity index (χ0) is 11.8. The SMILES string of the molecule is CCN(C(=O)c1ccc2cc[nH]c2c1)C1CC1. The molecule has 1 heterocycles. The van der Waals surface area contributed by atoms with E-state index in [1.54, 1.807) is 0 Å². The van der Waals surface area contributed by atoms with E-state index in [2.05, 4.69) is 4.98 Å². The molecular weight excluding hydrogens is 212 g/mol. The molecule has 1 aromatic heterocycles. The Balaban J connectivity index is 1.93. The summed E-state index contributed by atoms with van der Waals surface area (Å²) in [4.78, 5) is 17.5. The third-order valence-electron chi connectivity index (χ3n) is 3.39. The summed E-state index contributed by atoms with van der Waals surface area (Å²) in [5, 5.41) is 1.15. The average Bonchev–Trinajstić information content (AvgIpc) is 3.07. The number of carbonyl (C=O) groups is 1. The third-order valence-corrected chi connectivity index (χ3v) is 3.39. The first-order chi connectivity index (χ1) is 8.29. The van der Waals surface area contributed by atoms with E-state index in [1.807, 2.05) is 42.3 Å². The van der Waals surface area contributed by atoms with Gasteiger partial charge in [0.05, 0.1) is 0 Å². The number of hydrogen-bond donors (Lipinski definition) is 1. The molecule has 1 fully saturated rings. The fourth-order valence-electron chi connectivity index (χ4n) is 2.30. The summed E-state index contributed by atoms with van der Waals surface area (Å²) in [5.74, 6) is 0.159. The number of amides is 1. The van der Waals surface area contributed by atoms with E-state index in [9.17, 15) is 4.79 Å². The zero-order valence-corrected chi connectivity index (χ0v) is 9.94. The lowest BCUT2D eigenvalue weighted by Crippen LogP contribution is -2.32. The number of rotatable bonds is 3. The van der Waals surface area contributed by atoms with Gasteiger partial charge < -0.3 is 9.88 Å². The van der Waals surface area contributed by atoms with Crippen LogP contribution < -0.4 is 0 Å². The first kappa shape index (κ1) is 10.4. The monoisotopic (exact) mass is 228 g/mol. The van der Waals surface area contributed by atoms with E-state index < -0.39 is 0 Å². The Hall–Kier alpha value is -1.77. The van der Waals surface area contributed by atoms with Crippen molar-refractivity contribution < 1.29 is 4.79 Å². The van der Waals surface area contributed by atoms with Crippen LogP contribution in [0.3, 0.4) is 0 Å². The molecule has 88 valence electrons. The molecular formula is C14H16N2O. The lowest BCUT2D eigenvalue weighted by Gasteiger charge is -2.20. The molecule has 3 heteroatoms. The standard InChI is InChI=1S/C14H16N2O/c1-2-16(12-5-6-12)14(17)11-4-3-10-7-8-15-13(10)9-11/h3-4,7-9,12,15H,2,5-6H2,1H3. The number of hydrogen-bond acceptors (Lipinski definition) is 1. The normalized spacial score (nSPS) is 15.1. The molecule has 2 aromatic rings. The van der Waals surface area contributed by atoms with E-state index in [1.165, 1.54) is 0 Å². The first-order valence-electron chi connectivity index (χ1n) is 6.17. The van der Waals surface area contributed by atoms with E-state index in [4.69, 9.17) is 0 Å². The first-order valence-corrected chi connectivity index (χ1v) is 6.17. The fourth-order valence-corrected chi connectivity index (χ4v) is 2.30. The second-order valence-electron chi connectivity index (χ2n) is 4.60. The topological polar surface area (TPSA) is 36.1 Å². The van der Waals surface area contributed by atoms with Gasteiger partial charge in [-0.05, 0) is 43.4 Å². The summed E-state index contributed by atoms with van der Waals surface area (Å²) in [6, 6.07) is 8.36. The molecule has 0 spiro atoms. The molecule has 17 heavy (non-hydrogen) atoms. The summed E-state index contributed by atoms with van der Waals surface area (Å²) in [6.45, 7) is 2.84. The molecule has 0 saturated heterocycles. The summed E-state index contributed by atoms with van der Waals surface area (Å²) in [7, 11) is 0. The predicted molar refractivity (Wildman–Crippen MR) is 68.0 cm³/mol. The van der Waals surface area contributed by atoms with Crippen molar-refractivity contribution in [1.82, 2.24) is 9.88 Å².